The maximum atomic E-state index is 12.0. The second kappa shape index (κ2) is 13.3. The van der Waals surface area contributed by atoms with Gasteiger partial charge in [-0.2, -0.15) is 13.2 Å². The van der Waals surface area contributed by atoms with Crippen LogP contribution in [-0.2, 0) is 23.9 Å². The lowest BCUT2D eigenvalue weighted by Crippen LogP contribution is -2.39. The summed E-state index contributed by atoms with van der Waals surface area (Å²) < 4.78 is 45.2. The Morgan fingerprint density at radius 3 is 2.30 bits per heavy atom. The predicted octanol–water partition coefficient (Wildman–Crippen LogP) is 0.528. The fraction of sp³-hybridized carbons (Fsp3) is 0.812. The van der Waals surface area contributed by atoms with Crippen molar-refractivity contribution in [2.45, 2.75) is 45.4 Å². The summed E-state index contributed by atoms with van der Waals surface area (Å²) in [5, 5.41) is 13.4. The number of esters is 1. The Kier molecular flexibility index (Phi) is 12.4. The van der Waals surface area contributed by atoms with Gasteiger partial charge in [0.2, 0.25) is 5.91 Å². The van der Waals surface area contributed by atoms with Crippen molar-refractivity contribution >= 4 is 17.8 Å². The van der Waals surface area contributed by atoms with E-state index in [9.17, 15) is 27.6 Å². The smallest absolute Gasteiger partial charge is 0.411 e. The summed E-state index contributed by atoms with van der Waals surface area (Å²) in [6.45, 7) is 1.83. The number of ether oxygens (including phenoxy) is 2. The summed E-state index contributed by atoms with van der Waals surface area (Å²) in [5.41, 5.74) is 0. The largest absolute Gasteiger partial charge is 0.459 e. The Bertz CT molecular complexity index is 474. The Morgan fingerprint density at radius 2 is 1.70 bits per heavy atom. The monoisotopic (exact) mass is 400 g/mol. The molecule has 2 amide bonds. The van der Waals surface area contributed by atoms with E-state index in [4.69, 9.17) is 9.84 Å². The molecule has 0 radical (unpaired) electrons. The third-order valence-corrected chi connectivity index (χ3v) is 3.39. The number of amides is 2. The van der Waals surface area contributed by atoms with Crippen LogP contribution in [0.15, 0.2) is 0 Å². The number of nitrogens with one attached hydrogen (secondary N) is 2. The van der Waals surface area contributed by atoms with Gasteiger partial charge in [-0.15, -0.1) is 0 Å². The zero-order valence-corrected chi connectivity index (χ0v) is 15.4. The minimum atomic E-state index is -4.46. The zero-order chi connectivity index (χ0) is 20.9. The predicted molar refractivity (Wildman–Crippen MR) is 88.5 cm³/mol. The lowest BCUT2D eigenvalue weighted by molar-refractivity contribution is -0.184. The van der Waals surface area contributed by atoms with E-state index in [0.29, 0.717) is 12.8 Å². The molecule has 8 nitrogen and oxygen atoms in total. The summed E-state index contributed by atoms with van der Waals surface area (Å²) in [6.07, 6.45) is -4.55. The van der Waals surface area contributed by atoms with Crippen molar-refractivity contribution in [3.63, 3.8) is 0 Å². The molecule has 3 N–H and O–H groups in total. The average molecular weight is 400 g/mol. The van der Waals surface area contributed by atoms with E-state index in [1.165, 1.54) is 6.92 Å². The van der Waals surface area contributed by atoms with Gasteiger partial charge in [0.15, 0.2) is 0 Å². The first-order valence-electron chi connectivity index (χ1n) is 8.56. The van der Waals surface area contributed by atoms with Crippen molar-refractivity contribution in [1.82, 2.24) is 10.6 Å². The highest BCUT2D eigenvalue weighted by molar-refractivity contribution is 6.32. The number of carbonyl (C=O) groups excluding carboxylic acids is 3. The van der Waals surface area contributed by atoms with Gasteiger partial charge in [-0.25, -0.2) is 4.79 Å². The van der Waals surface area contributed by atoms with E-state index >= 15 is 0 Å². The number of aliphatic hydroxyl groups is 1. The molecule has 158 valence electrons. The number of halogens is 3. The molecule has 0 saturated heterocycles. The zero-order valence-electron chi connectivity index (χ0n) is 15.4. The number of hydrogen-bond acceptors (Lipinski definition) is 6. The second-order valence-corrected chi connectivity index (χ2v) is 6.09. The molecule has 0 aromatic heterocycles. The van der Waals surface area contributed by atoms with Crippen LogP contribution >= 0.6 is 0 Å². The quantitative estimate of drug-likeness (QED) is 0.250. The van der Waals surface area contributed by atoms with Crippen molar-refractivity contribution in [3.05, 3.63) is 0 Å². The highest BCUT2D eigenvalue weighted by Crippen LogP contribution is 2.16. The van der Waals surface area contributed by atoms with Crippen LogP contribution < -0.4 is 10.6 Å². The Morgan fingerprint density at radius 1 is 1.07 bits per heavy atom. The first kappa shape index (κ1) is 25.1. The van der Waals surface area contributed by atoms with E-state index in [-0.39, 0.29) is 38.6 Å². The van der Waals surface area contributed by atoms with E-state index in [1.807, 2.05) is 6.92 Å². The number of alkyl halides is 3. The fourth-order valence-electron chi connectivity index (χ4n) is 1.86. The summed E-state index contributed by atoms with van der Waals surface area (Å²) in [7, 11) is 0. The van der Waals surface area contributed by atoms with Crippen LogP contribution in [0.4, 0.5) is 13.2 Å². The van der Waals surface area contributed by atoms with Crippen molar-refractivity contribution in [3.8, 4) is 0 Å². The first-order valence-corrected chi connectivity index (χ1v) is 8.56. The molecule has 2 unspecified atom stereocenters. The normalized spacial score (nSPS) is 13.6. The number of hydrogen-bond donors (Lipinski definition) is 3. The van der Waals surface area contributed by atoms with E-state index in [0.717, 1.165) is 0 Å². The van der Waals surface area contributed by atoms with Gasteiger partial charge in [0.1, 0.15) is 6.61 Å². The minimum absolute atomic E-state index is 0.00260. The van der Waals surface area contributed by atoms with Crippen molar-refractivity contribution in [2.75, 3.05) is 32.9 Å². The van der Waals surface area contributed by atoms with Gasteiger partial charge in [0, 0.05) is 19.7 Å². The van der Waals surface area contributed by atoms with Gasteiger partial charge in [0.25, 0.3) is 0 Å². The molecule has 2 atom stereocenters. The van der Waals surface area contributed by atoms with Crippen LogP contribution in [0.1, 0.15) is 33.1 Å². The van der Waals surface area contributed by atoms with Gasteiger partial charge in [0.05, 0.1) is 19.1 Å². The van der Waals surface area contributed by atoms with Crippen molar-refractivity contribution in [2.24, 2.45) is 5.92 Å². The molecule has 0 rings (SSSR count). The van der Waals surface area contributed by atoms with Crippen LogP contribution in [0.25, 0.3) is 0 Å². The topological polar surface area (TPSA) is 114 Å². The maximum absolute atomic E-state index is 12.0. The minimum Gasteiger partial charge on any atom is -0.459 e. The molecule has 0 aliphatic carbocycles. The molecule has 0 aromatic rings. The molecule has 0 heterocycles. The van der Waals surface area contributed by atoms with E-state index in [2.05, 4.69) is 15.4 Å². The molecule has 0 aromatic carbocycles. The van der Waals surface area contributed by atoms with Crippen molar-refractivity contribution in [1.29, 1.82) is 0 Å². The van der Waals surface area contributed by atoms with Crippen LogP contribution in [0, 0.1) is 5.92 Å². The molecule has 0 fully saturated rings. The highest BCUT2D eigenvalue weighted by atomic mass is 19.4. The average Bonchev–Trinajstić information content (AvgIpc) is 2.56. The molecule has 0 bridgehead atoms. The third-order valence-electron chi connectivity index (χ3n) is 3.39. The van der Waals surface area contributed by atoms with Gasteiger partial charge < -0.3 is 25.2 Å². The molecule has 0 aliphatic heterocycles. The summed E-state index contributed by atoms with van der Waals surface area (Å²) >= 11 is 0. The van der Waals surface area contributed by atoms with Crippen LogP contribution in [-0.4, -0.2) is 68.1 Å². The summed E-state index contributed by atoms with van der Waals surface area (Å²) in [5.74, 6) is -2.39. The third kappa shape index (κ3) is 14.9. The van der Waals surface area contributed by atoms with Crippen LogP contribution in [0.5, 0.6) is 0 Å². The Labute approximate surface area is 155 Å². The molecule has 0 spiro atoms. The van der Waals surface area contributed by atoms with E-state index < -0.39 is 36.7 Å². The highest BCUT2D eigenvalue weighted by Gasteiger charge is 2.28. The molecule has 0 saturated carbocycles. The first-order chi connectivity index (χ1) is 12.5. The Hall–Kier alpha value is -1.88. The van der Waals surface area contributed by atoms with Crippen LogP contribution in [0.2, 0.25) is 0 Å². The van der Waals surface area contributed by atoms with E-state index in [1.54, 1.807) is 0 Å². The van der Waals surface area contributed by atoms with Gasteiger partial charge >= 0.3 is 18.1 Å². The number of rotatable bonds is 12. The molecular formula is C16H27F3N2O6. The Balaban J connectivity index is 3.82. The van der Waals surface area contributed by atoms with Gasteiger partial charge in [-0.05, 0) is 25.7 Å². The number of aliphatic hydroxyl groups excluding tert-OH is 1. The SMILES string of the molecule is CC(CCO)CCOC(=O)C(=O)NCCNC(=O)CC(C)OCC(F)(F)F. The number of carbonyl (C=O) groups is 3. The second-order valence-electron chi connectivity index (χ2n) is 6.09. The van der Waals surface area contributed by atoms with Gasteiger partial charge in [-0.3, -0.25) is 9.59 Å². The molecule has 0 aliphatic rings. The maximum Gasteiger partial charge on any atom is 0.411 e. The fourth-order valence-corrected chi connectivity index (χ4v) is 1.86. The molecular weight excluding hydrogens is 373 g/mol. The van der Waals surface area contributed by atoms with Gasteiger partial charge in [-0.1, -0.05) is 6.92 Å². The lowest BCUT2D eigenvalue weighted by atomic mass is 10.1. The van der Waals surface area contributed by atoms with Crippen LogP contribution in [0.3, 0.4) is 0 Å². The summed E-state index contributed by atoms with van der Waals surface area (Å²) in [6, 6.07) is 0. The van der Waals surface area contributed by atoms with Crippen molar-refractivity contribution < 1.29 is 42.1 Å². The molecule has 11 heteroatoms. The lowest BCUT2D eigenvalue weighted by Gasteiger charge is -2.14. The standard InChI is InChI=1S/C16H27F3N2O6/c1-11(3-7-22)4-8-26-15(25)14(24)21-6-5-20-13(23)9-12(2)27-10-16(17,18)19/h11-12,22H,3-10H2,1-2H3,(H,20,23)(H,21,24). The molecule has 27 heavy (non-hydrogen) atoms. The summed E-state index contributed by atoms with van der Waals surface area (Å²) in [4.78, 5) is 34.4.